The number of carboxylic acids is 1. The molecule has 2 heterocycles. The molecule has 2 aromatic rings. The van der Waals surface area contributed by atoms with E-state index in [0.717, 1.165) is 49.9 Å². The average molecular weight is 374 g/mol. The van der Waals surface area contributed by atoms with E-state index in [1.807, 2.05) is 41.4 Å². The lowest BCUT2D eigenvalue weighted by molar-refractivity contribution is 0.0547. The normalized spacial score (nSPS) is 22.4. The Hall–Kier alpha value is -2.95. The number of benzene rings is 2. The van der Waals surface area contributed by atoms with Crippen LogP contribution in [-0.4, -0.2) is 40.7 Å². The molecule has 1 fully saturated rings. The van der Waals surface area contributed by atoms with Gasteiger partial charge < -0.3 is 10.0 Å². The standard InChI is InChI=1S/C23H22N2O3/c26-22(16-4-3-14-9-10-24-20(14)13-16)25-11-1-2-19-18-7-5-17(23(27)28)12-15(18)6-8-21(19)25/h3-5,7,10,12-13,19,21H,1-2,6,8-9,11H2,(H,27,28)/t19?,21-/m0/s1. The molecule has 1 unspecified atom stereocenters. The van der Waals surface area contributed by atoms with Gasteiger partial charge in [0, 0.05) is 36.7 Å². The second kappa shape index (κ2) is 6.59. The molecule has 1 saturated heterocycles. The van der Waals surface area contributed by atoms with E-state index in [0.29, 0.717) is 11.1 Å². The van der Waals surface area contributed by atoms with Gasteiger partial charge in [0.1, 0.15) is 0 Å². The Labute approximate surface area is 163 Å². The summed E-state index contributed by atoms with van der Waals surface area (Å²) in [5.41, 5.74) is 5.49. The number of fused-ring (bicyclic) bond motifs is 4. The van der Waals surface area contributed by atoms with E-state index >= 15 is 0 Å². The molecule has 0 radical (unpaired) electrons. The summed E-state index contributed by atoms with van der Waals surface area (Å²) in [6.07, 6.45) is 6.44. The van der Waals surface area contributed by atoms with Crippen LogP contribution in [0.1, 0.15) is 62.6 Å². The molecule has 3 aliphatic rings. The largest absolute Gasteiger partial charge is 0.478 e. The number of carboxylic acid groups (broad SMARTS) is 1. The second-order valence-corrected chi connectivity index (χ2v) is 7.93. The van der Waals surface area contributed by atoms with Gasteiger partial charge in [0.15, 0.2) is 0 Å². The van der Waals surface area contributed by atoms with E-state index in [9.17, 15) is 14.7 Å². The predicted molar refractivity (Wildman–Crippen MR) is 107 cm³/mol. The van der Waals surface area contributed by atoms with Gasteiger partial charge in [0.25, 0.3) is 5.91 Å². The average Bonchev–Trinajstić information content (AvgIpc) is 3.20. The molecule has 5 nitrogen and oxygen atoms in total. The Bertz CT molecular complexity index is 1010. The summed E-state index contributed by atoms with van der Waals surface area (Å²) in [6, 6.07) is 11.5. The third kappa shape index (κ3) is 2.73. The Morgan fingerprint density at radius 2 is 1.89 bits per heavy atom. The fraction of sp³-hybridized carbons (Fsp3) is 0.348. The van der Waals surface area contributed by atoms with Gasteiger partial charge in [-0.15, -0.1) is 0 Å². The van der Waals surface area contributed by atoms with E-state index in [4.69, 9.17) is 0 Å². The number of aliphatic imine (C=N–C) groups is 1. The van der Waals surface area contributed by atoms with Crippen LogP contribution < -0.4 is 0 Å². The predicted octanol–water partition coefficient (Wildman–Crippen LogP) is 3.98. The van der Waals surface area contributed by atoms with Crippen molar-refractivity contribution >= 4 is 23.8 Å². The zero-order chi connectivity index (χ0) is 19.3. The van der Waals surface area contributed by atoms with E-state index in [1.54, 1.807) is 6.07 Å². The second-order valence-electron chi connectivity index (χ2n) is 7.93. The van der Waals surface area contributed by atoms with E-state index in [2.05, 4.69) is 4.99 Å². The molecule has 1 amide bonds. The van der Waals surface area contributed by atoms with Crippen LogP contribution in [0.25, 0.3) is 0 Å². The number of hydrogen-bond donors (Lipinski definition) is 1. The first-order chi connectivity index (χ1) is 13.6. The van der Waals surface area contributed by atoms with Crippen molar-refractivity contribution in [1.29, 1.82) is 0 Å². The molecule has 0 saturated carbocycles. The summed E-state index contributed by atoms with van der Waals surface area (Å²) in [4.78, 5) is 31.0. The number of hydrogen-bond acceptors (Lipinski definition) is 3. The quantitative estimate of drug-likeness (QED) is 0.864. The third-order valence-electron chi connectivity index (χ3n) is 6.41. The Morgan fingerprint density at radius 3 is 2.75 bits per heavy atom. The van der Waals surface area contributed by atoms with Gasteiger partial charge in [-0.2, -0.15) is 0 Å². The molecule has 5 heteroatoms. The zero-order valence-corrected chi connectivity index (χ0v) is 15.6. The molecule has 1 aliphatic carbocycles. The van der Waals surface area contributed by atoms with Gasteiger partial charge in [-0.1, -0.05) is 12.1 Å². The fourth-order valence-corrected chi connectivity index (χ4v) is 5.05. The molecule has 2 aliphatic heterocycles. The monoisotopic (exact) mass is 374 g/mol. The first-order valence-corrected chi connectivity index (χ1v) is 9.94. The van der Waals surface area contributed by atoms with Crippen molar-refractivity contribution < 1.29 is 14.7 Å². The molecule has 142 valence electrons. The molecule has 2 atom stereocenters. The first kappa shape index (κ1) is 17.2. The van der Waals surface area contributed by atoms with Gasteiger partial charge >= 0.3 is 5.97 Å². The highest BCUT2D eigenvalue weighted by Gasteiger charge is 2.39. The van der Waals surface area contributed by atoms with Crippen LogP contribution in [0.4, 0.5) is 5.69 Å². The Kier molecular flexibility index (Phi) is 4.04. The molecule has 5 rings (SSSR count). The maximum absolute atomic E-state index is 13.3. The van der Waals surface area contributed by atoms with Crippen molar-refractivity contribution in [2.75, 3.05) is 6.54 Å². The minimum atomic E-state index is -0.885. The summed E-state index contributed by atoms with van der Waals surface area (Å²) in [5.74, 6) is -0.508. The molecule has 0 spiro atoms. The lowest BCUT2D eigenvalue weighted by Crippen LogP contribution is -2.49. The maximum Gasteiger partial charge on any atom is 0.335 e. The van der Waals surface area contributed by atoms with Crippen LogP contribution in [0, 0.1) is 0 Å². The number of carbonyl (C=O) groups excluding carboxylic acids is 1. The van der Waals surface area contributed by atoms with Crippen LogP contribution in [-0.2, 0) is 12.8 Å². The molecule has 28 heavy (non-hydrogen) atoms. The van der Waals surface area contributed by atoms with Crippen molar-refractivity contribution in [3.63, 3.8) is 0 Å². The molecule has 1 N–H and O–H groups in total. The number of carbonyl (C=O) groups is 2. The molecular formula is C23H22N2O3. The van der Waals surface area contributed by atoms with Crippen molar-refractivity contribution in [2.24, 2.45) is 4.99 Å². The number of aromatic carboxylic acids is 1. The molecular weight excluding hydrogens is 352 g/mol. The van der Waals surface area contributed by atoms with Crippen molar-refractivity contribution in [3.8, 4) is 0 Å². The highest BCUT2D eigenvalue weighted by molar-refractivity contribution is 5.96. The highest BCUT2D eigenvalue weighted by Crippen LogP contribution is 2.41. The summed E-state index contributed by atoms with van der Waals surface area (Å²) in [5, 5.41) is 9.26. The van der Waals surface area contributed by atoms with E-state index < -0.39 is 5.97 Å². The van der Waals surface area contributed by atoms with Gasteiger partial charge in [0.2, 0.25) is 0 Å². The topological polar surface area (TPSA) is 70.0 Å². The SMILES string of the molecule is O=C(O)c1ccc2c(c1)CC[C@H]1C2CCCN1C(=O)c1ccc2c(c1)N=CC2. The van der Waals surface area contributed by atoms with Crippen LogP contribution in [0.3, 0.4) is 0 Å². The Morgan fingerprint density at radius 1 is 1.04 bits per heavy atom. The molecule has 0 bridgehead atoms. The number of aryl methyl sites for hydroxylation is 1. The third-order valence-corrected chi connectivity index (χ3v) is 6.41. The minimum absolute atomic E-state index is 0.0882. The maximum atomic E-state index is 13.3. The number of piperidine rings is 1. The van der Waals surface area contributed by atoms with Crippen LogP contribution in [0.5, 0.6) is 0 Å². The van der Waals surface area contributed by atoms with Crippen LogP contribution >= 0.6 is 0 Å². The lowest BCUT2D eigenvalue weighted by Gasteiger charge is -2.45. The number of nitrogens with zero attached hydrogens (tertiary/aromatic N) is 2. The van der Waals surface area contributed by atoms with Gasteiger partial charge in [-0.3, -0.25) is 9.79 Å². The number of amides is 1. The first-order valence-electron chi connectivity index (χ1n) is 9.94. The van der Waals surface area contributed by atoms with Crippen LogP contribution in [0.2, 0.25) is 0 Å². The smallest absolute Gasteiger partial charge is 0.335 e. The summed E-state index contributed by atoms with van der Waals surface area (Å²) >= 11 is 0. The van der Waals surface area contributed by atoms with Gasteiger partial charge in [-0.05, 0) is 66.6 Å². The summed E-state index contributed by atoms with van der Waals surface area (Å²) in [7, 11) is 0. The fourth-order valence-electron chi connectivity index (χ4n) is 5.05. The summed E-state index contributed by atoms with van der Waals surface area (Å²) in [6.45, 7) is 0.781. The molecule has 2 aromatic carbocycles. The van der Waals surface area contributed by atoms with Crippen molar-refractivity contribution in [2.45, 2.75) is 44.1 Å². The lowest BCUT2D eigenvalue weighted by atomic mass is 9.74. The zero-order valence-electron chi connectivity index (χ0n) is 15.6. The van der Waals surface area contributed by atoms with Crippen molar-refractivity contribution in [1.82, 2.24) is 4.90 Å². The van der Waals surface area contributed by atoms with Crippen molar-refractivity contribution in [3.05, 3.63) is 64.2 Å². The summed E-state index contributed by atoms with van der Waals surface area (Å²) < 4.78 is 0. The highest BCUT2D eigenvalue weighted by atomic mass is 16.4. The van der Waals surface area contributed by atoms with Gasteiger partial charge in [-0.25, -0.2) is 4.79 Å². The Balaban J connectivity index is 1.44. The van der Waals surface area contributed by atoms with E-state index in [1.165, 1.54) is 11.1 Å². The van der Waals surface area contributed by atoms with Gasteiger partial charge in [0.05, 0.1) is 11.3 Å². The number of rotatable bonds is 2. The number of likely N-dealkylation sites (tertiary alicyclic amines) is 1. The van der Waals surface area contributed by atoms with E-state index in [-0.39, 0.29) is 17.9 Å². The molecule has 0 aromatic heterocycles. The minimum Gasteiger partial charge on any atom is -0.478 e. The van der Waals surface area contributed by atoms with Crippen LogP contribution in [0.15, 0.2) is 41.4 Å².